The van der Waals surface area contributed by atoms with E-state index in [9.17, 15) is 4.79 Å². The van der Waals surface area contributed by atoms with Crippen LogP contribution in [0.3, 0.4) is 0 Å². The predicted molar refractivity (Wildman–Crippen MR) is 99.7 cm³/mol. The third kappa shape index (κ3) is 4.57. The van der Waals surface area contributed by atoms with Gasteiger partial charge < -0.3 is 9.30 Å². The van der Waals surface area contributed by atoms with Crippen molar-refractivity contribution in [1.29, 1.82) is 0 Å². The fourth-order valence-electron chi connectivity index (χ4n) is 2.40. The first kappa shape index (κ1) is 18.3. The van der Waals surface area contributed by atoms with E-state index in [0.717, 1.165) is 24.0 Å². The zero-order valence-electron chi connectivity index (χ0n) is 14.8. The van der Waals surface area contributed by atoms with Gasteiger partial charge in [0, 0.05) is 19.3 Å². The number of ether oxygens (including phenoxy) is 1. The first-order chi connectivity index (χ1) is 12.3. The minimum Gasteiger partial charge on any atom is -0.444 e. The van der Waals surface area contributed by atoms with Crippen LogP contribution >= 0.6 is 15.9 Å². The Bertz CT molecular complexity index is 913. The van der Waals surface area contributed by atoms with Crippen LogP contribution in [0, 0.1) is 0 Å². The molecule has 1 N–H and O–H groups in total. The van der Waals surface area contributed by atoms with Crippen LogP contribution < -0.4 is 5.32 Å². The highest BCUT2D eigenvalue weighted by atomic mass is 79.9. The van der Waals surface area contributed by atoms with Crippen LogP contribution in [0.1, 0.15) is 27.2 Å². The Morgan fingerprint density at radius 2 is 2.08 bits per heavy atom. The van der Waals surface area contributed by atoms with Gasteiger partial charge in [0.25, 0.3) is 0 Å². The second-order valence-electron chi connectivity index (χ2n) is 6.73. The molecule has 0 atom stereocenters. The minimum absolute atomic E-state index is 0.332. The highest BCUT2D eigenvalue weighted by molar-refractivity contribution is 9.10. The number of rotatable bonds is 5. The smallest absolute Gasteiger partial charge is 0.413 e. The van der Waals surface area contributed by atoms with Gasteiger partial charge in [0.05, 0.1) is 17.0 Å². The topological polar surface area (TPSA) is 99.8 Å². The third-order valence-corrected chi connectivity index (χ3v) is 3.82. The van der Waals surface area contributed by atoms with E-state index in [1.807, 2.05) is 15.4 Å². The third-order valence-electron chi connectivity index (χ3n) is 3.41. The molecular formula is C16H20BrN7O2. The highest BCUT2D eigenvalue weighted by Gasteiger charge is 2.18. The molecule has 0 aromatic carbocycles. The summed E-state index contributed by atoms with van der Waals surface area (Å²) < 4.78 is 10.0. The maximum absolute atomic E-state index is 12.0. The van der Waals surface area contributed by atoms with Gasteiger partial charge in [-0.05, 0) is 43.1 Å². The van der Waals surface area contributed by atoms with Crippen molar-refractivity contribution in [1.82, 2.24) is 29.3 Å². The molecule has 3 heterocycles. The number of carbonyl (C=O) groups excluding carboxylic acids is 1. The molecule has 138 valence electrons. The second kappa shape index (κ2) is 7.40. The zero-order chi connectivity index (χ0) is 18.7. The normalized spacial score (nSPS) is 11.7. The molecule has 0 saturated carbocycles. The van der Waals surface area contributed by atoms with Crippen molar-refractivity contribution in [2.75, 3.05) is 5.32 Å². The summed E-state index contributed by atoms with van der Waals surface area (Å²) in [7, 11) is 0. The van der Waals surface area contributed by atoms with E-state index >= 15 is 0 Å². The molecule has 9 nitrogen and oxygen atoms in total. The summed E-state index contributed by atoms with van der Waals surface area (Å²) in [6.45, 7) is 6.90. The van der Waals surface area contributed by atoms with Crippen LogP contribution in [0.2, 0.25) is 0 Å². The number of aryl methyl sites for hydroxylation is 2. The van der Waals surface area contributed by atoms with Crippen LogP contribution in [0.15, 0.2) is 29.5 Å². The SMILES string of the molecule is CC(C)(C)OC(=O)Nc1ncnc2c1ncn2CCCn1cc(Br)cn1. The van der Waals surface area contributed by atoms with E-state index in [1.165, 1.54) is 6.33 Å². The lowest BCUT2D eigenvalue weighted by Crippen LogP contribution is -2.27. The molecule has 0 aliphatic rings. The molecular weight excluding hydrogens is 402 g/mol. The van der Waals surface area contributed by atoms with Gasteiger partial charge in [0.2, 0.25) is 0 Å². The average molecular weight is 422 g/mol. The van der Waals surface area contributed by atoms with Crippen LogP contribution in [0.25, 0.3) is 11.2 Å². The summed E-state index contributed by atoms with van der Waals surface area (Å²) in [5.74, 6) is 0.332. The molecule has 3 aromatic rings. The number of imidazole rings is 1. The number of fused-ring (bicyclic) bond motifs is 1. The summed E-state index contributed by atoms with van der Waals surface area (Å²) >= 11 is 3.38. The standard InChI is InChI=1S/C16H20BrN7O2/c1-16(2,3)26-15(25)22-13-12-14(19-9-18-13)23(10-20-12)5-4-6-24-8-11(17)7-21-24/h7-10H,4-6H2,1-3H3,(H,18,19,22,25). The van der Waals surface area contributed by atoms with Crippen molar-refractivity contribution in [2.24, 2.45) is 0 Å². The fourth-order valence-corrected chi connectivity index (χ4v) is 2.73. The number of amides is 1. The second-order valence-corrected chi connectivity index (χ2v) is 7.65. The lowest BCUT2D eigenvalue weighted by atomic mass is 10.2. The number of nitrogens with zero attached hydrogens (tertiary/aromatic N) is 6. The number of nitrogens with one attached hydrogen (secondary N) is 1. The number of halogens is 1. The summed E-state index contributed by atoms with van der Waals surface area (Å²) in [6, 6.07) is 0. The molecule has 3 aromatic heterocycles. The summed E-state index contributed by atoms with van der Waals surface area (Å²) in [5, 5.41) is 6.86. The largest absolute Gasteiger partial charge is 0.444 e. The lowest BCUT2D eigenvalue weighted by molar-refractivity contribution is 0.0635. The van der Waals surface area contributed by atoms with Crippen molar-refractivity contribution in [3.8, 4) is 0 Å². The Balaban J connectivity index is 1.68. The number of aromatic nitrogens is 6. The van der Waals surface area contributed by atoms with Gasteiger partial charge >= 0.3 is 6.09 Å². The summed E-state index contributed by atoms with van der Waals surface area (Å²) in [6.07, 6.45) is 7.07. The van der Waals surface area contributed by atoms with E-state index in [2.05, 4.69) is 41.3 Å². The predicted octanol–water partition coefficient (Wildman–Crippen LogP) is 3.22. The van der Waals surface area contributed by atoms with Crippen molar-refractivity contribution in [3.63, 3.8) is 0 Å². The molecule has 0 spiro atoms. The molecule has 1 amide bonds. The molecule has 26 heavy (non-hydrogen) atoms. The Morgan fingerprint density at radius 3 is 2.77 bits per heavy atom. The molecule has 0 saturated heterocycles. The monoisotopic (exact) mass is 421 g/mol. The first-order valence-corrected chi connectivity index (χ1v) is 8.95. The minimum atomic E-state index is -0.586. The molecule has 0 fully saturated rings. The van der Waals surface area contributed by atoms with Gasteiger partial charge in [0.15, 0.2) is 17.0 Å². The van der Waals surface area contributed by atoms with Crippen molar-refractivity contribution in [2.45, 2.75) is 45.9 Å². The van der Waals surface area contributed by atoms with Crippen LogP contribution in [-0.2, 0) is 17.8 Å². The first-order valence-electron chi connectivity index (χ1n) is 8.15. The van der Waals surface area contributed by atoms with Gasteiger partial charge in [-0.1, -0.05) is 0 Å². The lowest BCUT2D eigenvalue weighted by Gasteiger charge is -2.19. The van der Waals surface area contributed by atoms with Gasteiger partial charge in [-0.2, -0.15) is 5.10 Å². The van der Waals surface area contributed by atoms with E-state index < -0.39 is 11.7 Å². The van der Waals surface area contributed by atoms with Gasteiger partial charge in [0.1, 0.15) is 11.9 Å². The molecule has 0 bridgehead atoms. The summed E-state index contributed by atoms with van der Waals surface area (Å²) in [5.41, 5.74) is 0.602. The van der Waals surface area contributed by atoms with Gasteiger partial charge in [-0.15, -0.1) is 0 Å². The molecule has 0 aliphatic carbocycles. The van der Waals surface area contributed by atoms with E-state index in [1.54, 1.807) is 33.3 Å². The van der Waals surface area contributed by atoms with E-state index in [0.29, 0.717) is 17.0 Å². The molecule has 0 radical (unpaired) electrons. The molecule has 0 aliphatic heterocycles. The number of hydrogen-bond donors (Lipinski definition) is 1. The van der Waals surface area contributed by atoms with Crippen molar-refractivity contribution >= 4 is 39.0 Å². The zero-order valence-corrected chi connectivity index (χ0v) is 16.4. The Morgan fingerprint density at radius 1 is 1.27 bits per heavy atom. The Hall–Kier alpha value is -2.49. The van der Waals surface area contributed by atoms with Gasteiger partial charge in [-0.25, -0.2) is 19.7 Å². The van der Waals surface area contributed by atoms with Crippen LogP contribution in [0.5, 0.6) is 0 Å². The van der Waals surface area contributed by atoms with Gasteiger partial charge in [-0.3, -0.25) is 10.00 Å². The maximum Gasteiger partial charge on any atom is 0.413 e. The number of hydrogen-bond acceptors (Lipinski definition) is 6. The quantitative estimate of drug-likeness (QED) is 0.678. The van der Waals surface area contributed by atoms with Crippen molar-refractivity contribution in [3.05, 3.63) is 29.5 Å². The summed E-state index contributed by atoms with van der Waals surface area (Å²) in [4.78, 5) is 24.7. The Kier molecular flexibility index (Phi) is 5.21. The van der Waals surface area contributed by atoms with Crippen LogP contribution in [-0.4, -0.2) is 41.0 Å². The fraction of sp³-hybridized carbons (Fsp3) is 0.438. The number of anilines is 1. The highest BCUT2D eigenvalue weighted by Crippen LogP contribution is 2.19. The maximum atomic E-state index is 12.0. The van der Waals surface area contributed by atoms with Crippen molar-refractivity contribution < 1.29 is 9.53 Å². The van der Waals surface area contributed by atoms with Crippen LogP contribution in [0.4, 0.5) is 10.6 Å². The number of carbonyl (C=O) groups is 1. The molecule has 0 unspecified atom stereocenters. The molecule has 3 rings (SSSR count). The average Bonchev–Trinajstić information content (AvgIpc) is 3.13. The van der Waals surface area contributed by atoms with E-state index in [4.69, 9.17) is 4.74 Å². The molecule has 10 heteroatoms. The van der Waals surface area contributed by atoms with E-state index in [-0.39, 0.29) is 0 Å². The Labute approximate surface area is 158 Å².